The van der Waals surface area contributed by atoms with Crippen LogP contribution in [0.25, 0.3) is 0 Å². The van der Waals surface area contributed by atoms with Gasteiger partial charge in [0.25, 0.3) is 0 Å². The predicted molar refractivity (Wildman–Crippen MR) is 71.3 cm³/mol. The fraction of sp³-hybridized carbons (Fsp3) is 0.867. The molecule has 0 spiro atoms. The lowest BCUT2D eigenvalue weighted by Crippen LogP contribution is -2.62. The van der Waals surface area contributed by atoms with Crippen LogP contribution in [0.4, 0.5) is 0 Å². The van der Waals surface area contributed by atoms with Crippen molar-refractivity contribution in [3.8, 4) is 0 Å². The number of carbonyl (C=O) groups is 2. The minimum atomic E-state index is -0.126. The summed E-state index contributed by atoms with van der Waals surface area (Å²) < 4.78 is 0. The van der Waals surface area contributed by atoms with Gasteiger partial charge in [0.05, 0.1) is 5.54 Å². The molecule has 2 rings (SSSR count). The highest BCUT2D eigenvalue weighted by Gasteiger charge is 2.49. The van der Waals surface area contributed by atoms with E-state index in [1.807, 2.05) is 0 Å². The van der Waals surface area contributed by atoms with Gasteiger partial charge in [-0.2, -0.15) is 0 Å². The molecule has 0 radical (unpaired) electrons. The molecular formula is C15H25NO2. The van der Waals surface area contributed by atoms with Gasteiger partial charge in [-0.3, -0.25) is 9.59 Å². The smallest absolute Gasteiger partial charge is 0.220 e. The van der Waals surface area contributed by atoms with Gasteiger partial charge in [0.15, 0.2) is 0 Å². The second kappa shape index (κ2) is 5.41. The molecule has 0 aromatic rings. The third-order valence-corrected chi connectivity index (χ3v) is 4.63. The van der Waals surface area contributed by atoms with Crippen molar-refractivity contribution in [2.45, 2.75) is 83.2 Å². The zero-order valence-corrected chi connectivity index (χ0v) is 11.7. The van der Waals surface area contributed by atoms with Crippen molar-refractivity contribution in [1.29, 1.82) is 0 Å². The molecule has 0 aromatic carbocycles. The Balaban J connectivity index is 2.19. The summed E-state index contributed by atoms with van der Waals surface area (Å²) in [7, 11) is 0. The summed E-state index contributed by atoms with van der Waals surface area (Å²) in [4.78, 5) is 26.0. The second-order valence-electron chi connectivity index (χ2n) is 6.04. The topological polar surface area (TPSA) is 37.4 Å². The minimum Gasteiger partial charge on any atom is -0.333 e. The third-order valence-electron chi connectivity index (χ3n) is 4.63. The first-order valence-electron chi connectivity index (χ1n) is 7.41. The number of amides is 1. The fourth-order valence-electron chi connectivity index (χ4n) is 4.00. The molecule has 3 heteroatoms. The molecule has 0 N–H and O–H groups in total. The van der Waals surface area contributed by atoms with E-state index in [9.17, 15) is 9.59 Å². The molecule has 102 valence electrons. The average molecular weight is 251 g/mol. The van der Waals surface area contributed by atoms with Crippen LogP contribution in [0.15, 0.2) is 0 Å². The van der Waals surface area contributed by atoms with E-state index >= 15 is 0 Å². The molecule has 2 bridgehead atoms. The molecule has 0 saturated carbocycles. The number of hydrogen-bond acceptors (Lipinski definition) is 2. The van der Waals surface area contributed by atoms with E-state index < -0.39 is 0 Å². The van der Waals surface area contributed by atoms with Crippen LogP contribution < -0.4 is 0 Å². The van der Waals surface area contributed by atoms with E-state index in [0.717, 1.165) is 25.7 Å². The van der Waals surface area contributed by atoms with Crippen molar-refractivity contribution in [3.05, 3.63) is 0 Å². The number of carbonyl (C=O) groups excluding carboxylic acids is 2. The fourth-order valence-corrected chi connectivity index (χ4v) is 4.00. The SMILES string of the molecule is CCCCCC12CCC[C@@H](CC(=O)C1)N2C(C)=O. The Hall–Kier alpha value is -0.860. The van der Waals surface area contributed by atoms with Crippen molar-refractivity contribution < 1.29 is 9.59 Å². The van der Waals surface area contributed by atoms with Crippen molar-refractivity contribution in [2.24, 2.45) is 0 Å². The zero-order valence-electron chi connectivity index (χ0n) is 11.7. The van der Waals surface area contributed by atoms with Crippen molar-refractivity contribution in [1.82, 2.24) is 4.90 Å². The summed E-state index contributed by atoms with van der Waals surface area (Å²) in [6, 6.07) is 0.194. The van der Waals surface area contributed by atoms with E-state index in [4.69, 9.17) is 0 Å². The normalized spacial score (nSPS) is 31.6. The van der Waals surface area contributed by atoms with Crippen molar-refractivity contribution in [2.75, 3.05) is 0 Å². The highest BCUT2D eigenvalue weighted by atomic mass is 16.2. The number of hydrogen-bond donors (Lipinski definition) is 0. The largest absolute Gasteiger partial charge is 0.333 e. The number of piperidine rings is 2. The number of fused-ring (bicyclic) bond motifs is 2. The lowest BCUT2D eigenvalue weighted by molar-refractivity contribution is -0.153. The summed E-state index contributed by atoms with van der Waals surface area (Å²) in [5.41, 5.74) is -0.126. The summed E-state index contributed by atoms with van der Waals surface area (Å²) in [6.07, 6.45) is 8.96. The Labute approximate surface area is 110 Å². The summed E-state index contributed by atoms with van der Waals surface area (Å²) in [5.74, 6) is 0.539. The Morgan fingerprint density at radius 1 is 1.44 bits per heavy atom. The molecule has 2 aliphatic heterocycles. The first-order valence-corrected chi connectivity index (χ1v) is 7.41. The van der Waals surface area contributed by atoms with Crippen LogP contribution in [0.2, 0.25) is 0 Å². The maximum Gasteiger partial charge on any atom is 0.220 e. The Morgan fingerprint density at radius 3 is 2.89 bits per heavy atom. The summed E-state index contributed by atoms with van der Waals surface area (Å²) >= 11 is 0. The molecule has 1 unspecified atom stereocenters. The first-order chi connectivity index (χ1) is 8.59. The molecule has 2 saturated heterocycles. The molecule has 1 amide bonds. The third kappa shape index (κ3) is 2.45. The number of ketones is 1. The molecule has 3 nitrogen and oxygen atoms in total. The highest BCUT2D eigenvalue weighted by Crippen LogP contribution is 2.43. The second-order valence-corrected chi connectivity index (χ2v) is 6.04. The molecule has 0 aromatic heterocycles. The Morgan fingerprint density at radius 2 is 2.22 bits per heavy atom. The number of Topliss-reactive ketones (excluding diaryl/α,β-unsaturated/α-hetero) is 1. The average Bonchev–Trinajstić information content (AvgIpc) is 2.27. The van der Waals surface area contributed by atoms with Gasteiger partial charge in [-0.25, -0.2) is 0 Å². The van der Waals surface area contributed by atoms with Crippen LogP contribution in [0, 0.1) is 0 Å². The molecule has 18 heavy (non-hydrogen) atoms. The van der Waals surface area contributed by atoms with Crippen LogP contribution in [0.5, 0.6) is 0 Å². The molecular weight excluding hydrogens is 226 g/mol. The minimum absolute atomic E-state index is 0.126. The van der Waals surface area contributed by atoms with E-state index in [1.165, 1.54) is 19.3 Å². The number of nitrogens with zero attached hydrogens (tertiary/aromatic N) is 1. The van der Waals surface area contributed by atoms with Gasteiger partial charge < -0.3 is 4.90 Å². The van der Waals surface area contributed by atoms with E-state index in [-0.39, 0.29) is 17.5 Å². The van der Waals surface area contributed by atoms with Gasteiger partial charge in [0, 0.05) is 25.8 Å². The van der Waals surface area contributed by atoms with Gasteiger partial charge in [-0.1, -0.05) is 26.2 Å². The molecule has 2 aliphatic rings. The van der Waals surface area contributed by atoms with Crippen molar-refractivity contribution in [3.63, 3.8) is 0 Å². The lowest BCUT2D eigenvalue weighted by Gasteiger charge is -2.54. The van der Waals surface area contributed by atoms with Gasteiger partial charge in [-0.05, 0) is 25.7 Å². The summed E-state index contributed by atoms with van der Waals surface area (Å²) in [6.45, 7) is 3.86. The Kier molecular flexibility index (Phi) is 4.08. The highest BCUT2D eigenvalue weighted by molar-refractivity contribution is 5.85. The van der Waals surface area contributed by atoms with Gasteiger partial charge in [-0.15, -0.1) is 0 Å². The van der Waals surface area contributed by atoms with E-state index in [0.29, 0.717) is 18.6 Å². The quantitative estimate of drug-likeness (QED) is 0.720. The van der Waals surface area contributed by atoms with Gasteiger partial charge >= 0.3 is 0 Å². The summed E-state index contributed by atoms with van der Waals surface area (Å²) in [5, 5.41) is 0. The zero-order chi connectivity index (χ0) is 13.2. The maximum absolute atomic E-state index is 12.0. The number of unbranched alkanes of at least 4 members (excludes halogenated alkanes) is 2. The van der Waals surface area contributed by atoms with Crippen LogP contribution >= 0.6 is 0 Å². The molecule has 2 atom stereocenters. The molecule has 2 fully saturated rings. The van der Waals surface area contributed by atoms with Crippen LogP contribution in [0.3, 0.4) is 0 Å². The number of rotatable bonds is 4. The maximum atomic E-state index is 12.0. The predicted octanol–water partition coefficient (Wildman–Crippen LogP) is 3.07. The van der Waals surface area contributed by atoms with Gasteiger partial charge in [0.2, 0.25) is 5.91 Å². The standard InChI is InChI=1S/C15H25NO2/c1-3-4-5-8-15-9-6-7-13(10-14(18)11-15)16(15)12(2)17/h13H,3-11H2,1-2H3/t13-,15?/m0/s1. The van der Waals surface area contributed by atoms with Crippen LogP contribution in [0.1, 0.15) is 71.6 Å². The van der Waals surface area contributed by atoms with Crippen LogP contribution in [-0.2, 0) is 9.59 Å². The first kappa shape index (κ1) is 13.6. The van der Waals surface area contributed by atoms with Crippen molar-refractivity contribution >= 4 is 11.7 Å². The monoisotopic (exact) mass is 251 g/mol. The van der Waals surface area contributed by atoms with E-state index in [1.54, 1.807) is 6.92 Å². The molecule has 0 aliphatic carbocycles. The Bertz CT molecular complexity index is 339. The van der Waals surface area contributed by atoms with E-state index in [2.05, 4.69) is 11.8 Å². The van der Waals surface area contributed by atoms with Gasteiger partial charge in [0.1, 0.15) is 5.78 Å². The lowest BCUT2D eigenvalue weighted by atomic mass is 9.71. The van der Waals surface area contributed by atoms with Crippen LogP contribution in [-0.4, -0.2) is 28.2 Å². The molecule has 2 heterocycles.